The second-order valence-corrected chi connectivity index (χ2v) is 7.42. The molecular weight excluding hydrogens is 320 g/mol. The number of anilines is 2. The van der Waals surface area contributed by atoms with Crippen molar-refractivity contribution in [3.05, 3.63) is 53.6 Å². The Bertz CT molecular complexity index is 809. The zero-order chi connectivity index (χ0) is 16.7. The molecular formula is C19H18N2O2S. The number of amides is 2. The van der Waals surface area contributed by atoms with Gasteiger partial charge in [-0.05, 0) is 48.2 Å². The Balaban J connectivity index is 1.47. The predicted molar refractivity (Wildman–Crippen MR) is 96.6 cm³/mol. The molecule has 0 spiro atoms. The lowest BCUT2D eigenvalue weighted by Crippen LogP contribution is -2.26. The van der Waals surface area contributed by atoms with Gasteiger partial charge in [0.2, 0.25) is 11.8 Å². The highest BCUT2D eigenvalue weighted by molar-refractivity contribution is 8.01. The number of thioether (sulfide) groups is 1. The van der Waals surface area contributed by atoms with Crippen LogP contribution in [0.2, 0.25) is 0 Å². The third-order valence-corrected chi connectivity index (χ3v) is 5.88. The van der Waals surface area contributed by atoms with Gasteiger partial charge in [0.15, 0.2) is 0 Å². The summed E-state index contributed by atoms with van der Waals surface area (Å²) >= 11 is 1.63. The molecule has 0 saturated heterocycles. The van der Waals surface area contributed by atoms with Gasteiger partial charge in [-0.2, -0.15) is 0 Å². The third kappa shape index (κ3) is 2.69. The van der Waals surface area contributed by atoms with E-state index in [1.807, 2.05) is 30.3 Å². The molecule has 0 bridgehead atoms. The quantitative estimate of drug-likeness (QED) is 0.914. The highest BCUT2D eigenvalue weighted by atomic mass is 32.2. The van der Waals surface area contributed by atoms with Crippen molar-refractivity contribution in [2.24, 2.45) is 0 Å². The molecule has 0 fully saturated rings. The van der Waals surface area contributed by atoms with Gasteiger partial charge in [0.25, 0.3) is 0 Å². The topological polar surface area (TPSA) is 49.4 Å². The van der Waals surface area contributed by atoms with Crippen LogP contribution in [0.15, 0.2) is 47.4 Å². The number of hydrogen-bond acceptors (Lipinski definition) is 3. The van der Waals surface area contributed by atoms with E-state index in [-0.39, 0.29) is 17.1 Å². The van der Waals surface area contributed by atoms with Crippen LogP contribution in [0.1, 0.15) is 18.1 Å². The molecule has 0 saturated carbocycles. The summed E-state index contributed by atoms with van der Waals surface area (Å²) in [6.07, 6.45) is 1.61. The number of carbonyl (C=O) groups is 2. The molecule has 2 aromatic carbocycles. The summed E-state index contributed by atoms with van der Waals surface area (Å²) in [4.78, 5) is 27.1. The number of benzene rings is 2. The van der Waals surface area contributed by atoms with Crippen LogP contribution in [-0.4, -0.2) is 23.6 Å². The van der Waals surface area contributed by atoms with Crippen LogP contribution in [0.4, 0.5) is 11.4 Å². The van der Waals surface area contributed by atoms with Crippen LogP contribution in [0.25, 0.3) is 0 Å². The zero-order valence-corrected chi connectivity index (χ0v) is 14.2. The van der Waals surface area contributed by atoms with Gasteiger partial charge < -0.3 is 10.2 Å². The van der Waals surface area contributed by atoms with Gasteiger partial charge in [0.1, 0.15) is 0 Å². The summed E-state index contributed by atoms with van der Waals surface area (Å²) in [7, 11) is 0. The first-order chi connectivity index (χ1) is 11.6. The Morgan fingerprint density at radius 3 is 2.79 bits per heavy atom. The second-order valence-electron chi connectivity index (χ2n) is 6.17. The van der Waals surface area contributed by atoms with E-state index in [4.69, 9.17) is 0 Å². The van der Waals surface area contributed by atoms with E-state index < -0.39 is 0 Å². The van der Waals surface area contributed by atoms with E-state index in [0.29, 0.717) is 0 Å². The average molecular weight is 338 g/mol. The minimum atomic E-state index is -0.0793. The lowest BCUT2D eigenvalue weighted by molar-refractivity contribution is -0.117. The SMILES string of the molecule is CC(=O)N1CCc2cc(NC(=O)C3Cc4ccccc4S3)ccc21. The third-order valence-electron chi connectivity index (χ3n) is 4.56. The normalized spacial score (nSPS) is 18.2. The molecule has 5 heteroatoms. The van der Waals surface area contributed by atoms with Crippen molar-refractivity contribution in [3.63, 3.8) is 0 Å². The molecule has 4 nitrogen and oxygen atoms in total. The molecule has 0 aromatic heterocycles. The highest BCUT2D eigenvalue weighted by Crippen LogP contribution is 2.37. The molecule has 1 atom stereocenters. The summed E-state index contributed by atoms with van der Waals surface area (Å²) in [5, 5.41) is 2.95. The van der Waals surface area contributed by atoms with Gasteiger partial charge in [-0.3, -0.25) is 9.59 Å². The van der Waals surface area contributed by atoms with Gasteiger partial charge in [-0.25, -0.2) is 0 Å². The van der Waals surface area contributed by atoms with Crippen molar-refractivity contribution in [2.45, 2.75) is 29.9 Å². The Morgan fingerprint density at radius 1 is 1.17 bits per heavy atom. The van der Waals surface area contributed by atoms with Gasteiger partial charge in [-0.1, -0.05) is 18.2 Å². The molecule has 2 amide bonds. The maximum atomic E-state index is 12.6. The Kier molecular flexibility index (Phi) is 3.81. The summed E-state index contributed by atoms with van der Waals surface area (Å²) < 4.78 is 0. The molecule has 1 unspecified atom stereocenters. The van der Waals surface area contributed by atoms with Crippen molar-refractivity contribution >= 4 is 35.0 Å². The van der Waals surface area contributed by atoms with Gasteiger partial charge in [0.05, 0.1) is 5.25 Å². The fourth-order valence-corrected chi connectivity index (χ4v) is 4.55. The summed E-state index contributed by atoms with van der Waals surface area (Å²) in [6, 6.07) is 14.0. The van der Waals surface area contributed by atoms with Crippen LogP contribution >= 0.6 is 11.8 Å². The van der Waals surface area contributed by atoms with E-state index >= 15 is 0 Å². The molecule has 2 aliphatic rings. The fraction of sp³-hybridized carbons (Fsp3) is 0.263. The van der Waals surface area contributed by atoms with Crippen LogP contribution in [0.3, 0.4) is 0 Å². The molecule has 24 heavy (non-hydrogen) atoms. The van der Waals surface area contributed by atoms with Crippen LogP contribution in [-0.2, 0) is 22.4 Å². The standard InChI is InChI=1S/C19H18N2O2S/c1-12(22)21-9-8-13-10-15(6-7-16(13)21)20-19(23)18-11-14-4-2-3-5-17(14)24-18/h2-7,10,18H,8-9,11H2,1H3,(H,20,23). The Hall–Kier alpha value is -2.27. The number of rotatable bonds is 2. The van der Waals surface area contributed by atoms with Crippen molar-refractivity contribution in [3.8, 4) is 0 Å². The molecule has 0 aliphatic carbocycles. The first-order valence-corrected chi connectivity index (χ1v) is 8.96. The van der Waals surface area contributed by atoms with Crippen molar-refractivity contribution in [2.75, 3.05) is 16.8 Å². The number of carbonyl (C=O) groups excluding carboxylic acids is 2. The monoisotopic (exact) mass is 338 g/mol. The molecule has 4 rings (SSSR count). The molecule has 122 valence electrons. The summed E-state index contributed by atoms with van der Waals surface area (Å²) in [5.41, 5.74) is 4.13. The maximum absolute atomic E-state index is 12.6. The maximum Gasteiger partial charge on any atom is 0.238 e. The van der Waals surface area contributed by atoms with Crippen molar-refractivity contribution < 1.29 is 9.59 Å². The Labute approximate surface area is 145 Å². The minimum absolute atomic E-state index is 0.0394. The van der Waals surface area contributed by atoms with E-state index in [9.17, 15) is 9.59 Å². The molecule has 2 aromatic rings. The first kappa shape index (κ1) is 15.3. The van der Waals surface area contributed by atoms with Crippen LogP contribution in [0, 0.1) is 0 Å². The highest BCUT2D eigenvalue weighted by Gasteiger charge is 2.28. The number of hydrogen-bond donors (Lipinski definition) is 1. The van der Waals surface area contributed by atoms with Crippen molar-refractivity contribution in [1.82, 2.24) is 0 Å². The van der Waals surface area contributed by atoms with Crippen LogP contribution < -0.4 is 10.2 Å². The summed E-state index contributed by atoms with van der Waals surface area (Å²) in [6.45, 7) is 2.30. The minimum Gasteiger partial charge on any atom is -0.325 e. The van der Waals surface area contributed by atoms with Gasteiger partial charge >= 0.3 is 0 Å². The largest absolute Gasteiger partial charge is 0.325 e. The smallest absolute Gasteiger partial charge is 0.238 e. The van der Waals surface area contributed by atoms with Gasteiger partial charge in [-0.15, -0.1) is 11.8 Å². The van der Waals surface area contributed by atoms with E-state index in [1.165, 1.54) is 10.5 Å². The first-order valence-electron chi connectivity index (χ1n) is 8.08. The zero-order valence-electron chi connectivity index (χ0n) is 13.4. The van der Waals surface area contributed by atoms with Crippen LogP contribution in [0.5, 0.6) is 0 Å². The Morgan fingerprint density at radius 2 is 2.00 bits per heavy atom. The van der Waals surface area contributed by atoms with Crippen molar-refractivity contribution in [1.29, 1.82) is 0 Å². The second kappa shape index (κ2) is 5.98. The molecule has 2 heterocycles. The number of nitrogens with one attached hydrogen (secondary N) is 1. The fourth-order valence-electron chi connectivity index (χ4n) is 3.36. The van der Waals surface area contributed by atoms with Gasteiger partial charge in [0, 0.05) is 29.7 Å². The molecule has 0 radical (unpaired) electrons. The lowest BCUT2D eigenvalue weighted by Gasteiger charge is -2.15. The predicted octanol–water partition coefficient (Wildman–Crippen LogP) is 3.25. The molecule has 1 N–H and O–H groups in total. The molecule has 2 aliphatic heterocycles. The van der Waals surface area contributed by atoms with E-state index in [0.717, 1.165) is 36.3 Å². The number of nitrogens with zero attached hydrogens (tertiary/aromatic N) is 1. The lowest BCUT2D eigenvalue weighted by atomic mass is 10.1. The average Bonchev–Trinajstić information content (AvgIpc) is 3.18. The van der Waals surface area contributed by atoms with E-state index in [1.54, 1.807) is 23.6 Å². The van der Waals surface area contributed by atoms with E-state index in [2.05, 4.69) is 17.4 Å². The summed E-state index contributed by atoms with van der Waals surface area (Å²) in [5.74, 6) is 0.100. The number of fused-ring (bicyclic) bond motifs is 2.